The first-order valence-corrected chi connectivity index (χ1v) is 6.33. The van der Waals surface area contributed by atoms with Gasteiger partial charge in [-0.1, -0.05) is 15.9 Å². The topological polar surface area (TPSA) is 50.8 Å². The molecule has 2 heterocycles. The molecule has 0 radical (unpaired) electrons. The summed E-state index contributed by atoms with van der Waals surface area (Å²) in [5.74, 6) is 0.732. The highest BCUT2D eigenvalue weighted by Crippen LogP contribution is 2.28. The molecule has 0 spiro atoms. The van der Waals surface area contributed by atoms with Gasteiger partial charge in [0.1, 0.15) is 11.6 Å². The Morgan fingerprint density at radius 2 is 2.05 bits per heavy atom. The lowest BCUT2D eigenvalue weighted by Crippen LogP contribution is -1.86. The van der Waals surface area contributed by atoms with Crippen molar-refractivity contribution < 1.29 is 9.13 Å². The number of methoxy groups -OCH3 is 1. The Balaban J connectivity index is 2.17. The Morgan fingerprint density at radius 3 is 2.84 bits per heavy atom. The lowest BCUT2D eigenvalue weighted by Gasteiger charge is -2.00. The number of ether oxygens (including phenoxy) is 1. The number of nitrogens with zero attached hydrogens (tertiary/aromatic N) is 2. The lowest BCUT2D eigenvalue weighted by molar-refractivity contribution is 0.399. The molecule has 96 valence electrons. The summed E-state index contributed by atoms with van der Waals surface area (Å²) in [7, 11) is 1.55. The molecule has 0 unspecified atom stereocenters. The highest BCUT2D eigenvalue weighted by atomic mass is 79.9. The number of rotatable bonds is 2. The third kappa shape index (κ3) is 2.19. The van der Waals surface area contributed by atoms with E-state index >= 15 is 0 Å². The van der Waals surface area contributed by atoms with Crippen LogP contribution in [-0.4, -0.2) is 22.1 Å². The van der Waals surface area contributed by atoms with Crippen molar-refractivity contribution in [2.75, 3.05) is 7.11 Å². The van der Waals surface area contributed by atoms with E-state index in [9.17, 15) is 4.39 Å². The maximum Gasteiger partial charge on any atom is 0.215 e. The van der Waals surface area contributed by atoms with Crippen molar-refractivity contribution in [3.8, 4) is 17.3 Å². The molecule has 1 aromatic carbocycles. The largest absolute Gasteiger partial charge is 0.481 e. The predicted octanol–water partition coefficient (Wildman–Crippen LogP) is 3.54. The Morgan fingerprint density at radius 1 is 1.21 bits per heavy atom. The predicted molar refractivity (Wildman–Crippen MR) is 73.5 cm³/mol. The molecule has 0 fully saturated rings. The van der Waals surface area contributed by atoms with Crippen molar-refractivity contribution in [1.29, 1.82) is 0 Å². The number of fused-ring (bicyclic) bond motifs is 1. The summed E-state index contributed by atoms with van der Waals surface area (Å²) in [5, 5.41) is 0. The van der Waals surface area contributed by atoms with Gasteiger partial charge in [0.05, 0.1) is 12.6 Å². The number of aromatic amines is 1. The van der Waals surface area contributed by atoms with Crippen molar-refractivity contribution in [3.05, 3.63) is 40.6 Å². The molecule has 2 aromatic heterocycles. The maximum atomic E-state index is 13.3. The van der Waals surface area contributed by atoms with Crippen molar-refractivity contribution in [3.63, 3.8) is 0 Å². The van der Waals surface area contributed by atoms with E-state index in [4.69, 9.17) is 4.74 Å². The highest BCUT2D eigenvalue weighted by Gasteiger charge is 2.11. The van der Waals surface area contributed by atoms with Crippen LogP contribution in [-0.2, 0) is 0 Å². The summed E-state index contributed by atoms with van der Waals surface area (Å²) in [6.07, 6.45) is 0. The number of imidazole rings is 1. The molecule has 3 aromatic rings. The normalized spacial score (nSPS) is 10.9. The molecule has 0 amide bonds. The van der Waals surface area contributed by atoms with Gasteiger partial charge in [0.2, 0.25) is 5.88 Å². The average Bonchev–Trinajstić information content (AvgIpc) is 2.83. The molecule has 3 rings (SSSR count). The van der Waals surface area contributed by atoms with Gasteiger partial charge in [-0.2, -0.15) is 4.98 Å². The van der Waals surface area contributed by atoms with Crippen molar-refractivity contribution >= 4 is 27.1 Å². The van der Waals surface area contributed by atoms with Crippen LogP contribution in [0.25, 0.3) is 22.6 Å². The zero-order valence-electron chi connectivity index (χ0n) is 9.95. The molecule has 0 bridgehead atoms. The number of halogens is 2. The van der Waals surface area contributed by atoms with Crippen molar-refractivity contribution in [2.24, 2.45) is 0 Å². The zero-order chi connectivity index (χ0) is 13.4. The van der Waals surface area contributed by atoms with Crippen LogP contribution in [0.2, 0.25) is 0 Å². The fourth-order valence-electron chi connectivity index (χ4n) is 1.80. The number of hydrogen-bond acceptors (Lipinski definition) is 3. The van der Waals surface area contributed by atoms with E-state index in [2.05, 4.69) is 30.9 Å². The Hall–Kier alpha value is -1.95. The second-order valence-electron chi connectivity index (χ2n) is 3.93. The number of aromatic nitrogens is 3. The van der Waals surface area contributed by atoms with Gasteiger partial charge in [-0.25, -0.2) is 9.37 Å². The Bertz CT molecular complexity index is 757. The van der Waals surface area contributed by atoms with Crippen molar-refractivity contribution in [1.82, 2.24) is 15.0 Å². The second kappa shape index (κ2) is 4.62. The van der Waals surface area contributed by atoms with Gasteiger partial charge >= 0.3 is 0 Å². The number of hydrogen-bond donors (Lipinski definition) is 1. The molecule has 0 aliphatic rings. The first-order chi connectivity index (χ1) is 9.17. The van der Waals surface area contributed by atoms with E-state index in [1.807, 2.05) is 6.07 Å². The van der Waals surface area contributed by atoms with E-state index in [-0.39, 0.29) is 5.82 Å². The second-order valence-corrected chi connectivity index (χ2v) is 4.79. The number of nitrogens with one attached hydrogen (secondary N) is 1. The summed E-state index contributed by atoms with van der Waals surface area (Å²) in [6, 6.07) is 8.01. The Kier molecular flexibility index (Phi) is 2.94. The van der Waals surface area contributed by atoms with E-state index < -0.39 is 0 Å². The average molecular weight is 322 g/mol. The van der Waals surface area contributed by atoms with Crippen LogP contribution in [0.3, 0.4) is 0 Å². The third-order valence-corrected chi connectivity index (χ3v) is 3.40. The lowest BCUT2D eigenvalue weighted by atomic mass is 10.2. The first-order valence-electron chi connectivity index (χ1n) is 5.53. The van der Waals surface area contributed by atoms with Gasteiger partial charge in [-0.15, -0.1) is 0 Å². The molecule has 0 saturated heterocycles. The highest BCUT2D eigenvalue weighted by molar-refractivity contribution is 9.10. The van der Waals surface area contributed by atoms with Gasteiger partial charge in [0.25, 0.3) is 0 Å². The van der Waals surface area contributed by atoms with Crippen LogP contribution in [0.1, 0.15) is 0 Å². The minimum atomic E-state index is -0.316. The SMILES string of the molecule is COc1ccc2[nH]c(-c3cc(F)ccc3Br)nc2n1. The van der Waals surface area contributed by atoms with E-state index in [1.54, 1.807) is 19.2 Å². The van der Waals surface area contributed by atoms with Crippen LogP contribution in [0.15, 0.2) is 34.8 Å². The third-order valence-electron chi connectivity index (χ3n) is 2.71. The molecule has 6 heteroatoms. The maximum absolute atomic E-state index is 13.3. The molecule has 4 nitrogen and oxygen atoms in total. The molecule has 1 N–H and O–H groups in total. The summed E-state index contributed by atoms with van der Waals surface area (Å²) in [4.78, 5) is 11.7. The summed E-state index contributed by atoms with van der Waals surface area (Å²) in [6.45, 7) is 0. The summed E-state index contributed by atoms with van der Waals surface area (Å²) >= 11 is 3.38. The van der Waals surface area contributed by atoms with E-state index in [1.165, 1.54) is 12.1 Å². The van der Waals surface area contributed by atoms with Gasteiger partial charge in [-0.05, 0) is 24.3 Å². The molecule has 19 heavy (non-hydrogen) atoms. The smallest absolute Gasteiger partial charge is 0.215 e. The fourth-order valence-corrected chi connectivity index (χ4v) is 2.23. The van der Waals surface area contributed by atoms with Crippen LogP contribution >= 0.6 is 15.9 Å². The summed E-state index contributed by atoms with van der Waals surface area (Å²) in [5.41, 5.74) is 1.95. The monoisotopic (exact) mass is 321 g/mol. The molecule has 0 saturated carbocycles. The quantitative estimate of drug-likeness (QED) is 0.785. The molecular weight excluding hydrogens is 313 g/mol. The summed E-state index contributed by atoms with van der Waals surface area (Å²) < 4.78 is 19.1. The van der Waals surface area contributed by atoms with Crippen LogP contribution in [0.4, 0.5) is 4.39 Å². The minimum absolute atomic E-state index is 0.316. The van der Waals surface area contributed by atoms with Crippen LogP contribution in [0.5, 0.6) is 5.88 Å². The zero-order valence-corrected chi connectivity index (χ0v) is 11.5. The molecule has 0 aliphatic carbocycles. The van der Waals surface area contributed by atoms with Crippen LogP contribution < -0.4 is 4.74 Å². The molecule has 0 atom stereocenters. The van der Waals surface area contributed by atoms with E-state index in [0.717, 1.165) is 9.99 Å². The van der Waals surface area contributed by atoms with Gasteiger partial charge < -0.3 is 9.72 Å². The minimum Gasteiger partial charge on any atom is -0.481 e. The fraction of sp³-hybridized carbons (Fsp3) is 0.0769. The standard InChI is InChI=1S/C13H9BrFN3O/c1-19-11-5-4-10-13(17-11)18-12(16-10)8-6-7(15)2-3-9(8)14/h2-6H,1H3,(H,16,17,18). The molecular formula is C13H9BrFN3O. The number of pyridine rings is 1. The van der Waals surface area contributed by atoms with Crippen molar-refractivity contribution in [2.45, 2.75) is 0 Å². The van der Waals surface area contributed by atoms with E-state index in [0.29, 0.717) is 22.9 Å². The molecule has 0 aliphatic heterocycles. The van der Waals surface area contributed by atoms with Crippen LogP contribution in [0, 0.1) is 5.82 Å². The first kappa shape index (κ1) is 12.1. The Labute approximate surface area is 116 Å². The van der Waals surface area contributed by atoms with Gasteiger partial charge in [0, 0.05) is 16.1 Å². The number of benzene rings is 1. The van der Waals surface area contributed by atoms with Gasteiger partial charge in [-0.3, -0.25) is 0 Å². The number of H-pyrrole nitrogens is 1. The van der Waals surface area contributed by atoms with Gasteiger partial charge in [0.15, 0.2) is 5.65 Å².